The number of benzene rings is 1. The third-order valence-electron chi connectivity index (χ3n) is 3.33. The van der Waals surface area contributed by atoms with E-state index in [2.05, 4.69) is 25.6 Å². The van der Waals surface area contributed by atoms with E-state index < -0.39 is 16.4 Å². The zero-order chi connectivity index (χ0) is 18.0. The highest BCUT2D eigenvalue weighted by atomic mass is 32.1. The summed E-state index contributed by atoms with van der Waals surface area (Å²) in [5.74, 6) is -0.110. The number of phenolic OH excluding ortho intramolecular Hbond substituents is 1. The van der Waals surface area contributed by atoms with Gasteiger partial charge in [-0.25, -0.2) is 15.0 Å². The lowest BCUT2D eigenvalue weighted by molar-refractivity contribution is -0.385. The van der Waals surface area contributed by atoms with Gasteiger partial charge in [0.1, 0.15) is 0 Å². The fraction of sp³-hybridized carbons (Fsp3) is 0.133. The largest absolute Gasteiger partial charge is 0.502 e. The van der Waals surface area contributed by atoms with Crippen molar-refractivity contribution in [2.75, 3.05) is 17.7 Å². The molecule has 0 saturated carbocycles. The van der Waals surface area contributed by atoms with Gasteiger partial charge in [-0.3, -0.25) is 10.1 Å². The molecule has 0 aliphatic heterocycles. The smallest absolute Gasteiger partial charge is 0.312 e. The van der Waals surface area contributed by atoms with Gasteiger partial charge in [-0.15, -0.1) is 0 Å². The summed E-state index contributed by atoms with van der Waals surface area (Å²) in [6.07, 6.45) is 1.59. The van der Waals surface area contributed by atoms with Crippen LogP contribution < -0.4 is 10.6 Å². The topological polar surface area (TPSA) is 126 Å². The first-order valence-electron chi connectivity index (χ1n) is 7.21. The highest BCUT2D eigenvalue weighted by Crippen LogP contribution is 2.32. The fourth-order valence-corrected chi connectivity index (χ4v) is 3.05. The van der Waals surface area contributed by atoms with E-state index in [9.17, 15) is 15.2 Å². The molecule has 0 atom stereocenters. The molecule has 0 radical (unpaired) electrons. The van der Waals surface area contributed by atoms with Crippen molar-refractivity contribution < 1.29 is 10.0 Å². The minimum Gasteiger partial charge on any atom is -0.502 e. The van der Waals surface area contributed by atoms with Crippen molar-refractivity contribution in [2.24, 2.45) is 0 Å². The molecule has 2 heterocycles. The minimum atomic E-state index is -0.655. The van der Waals surface area contributed by atoms with Gasteiger partial charge in [0, 0.05) is 25.0 Å². The number of anilines is 3. The lowest BCUT2D eigenvalue weighted by Gasteiger charge is -2.06. The average molecular weight is 358 g/mol. The number of thiazole rings is 1. The molecule has 0 amide bonds. The van der Waals surface area contributed by atoms with E-state index in [1.165, 1.54) is 29.5 Å². The molecule has 2 aromatic heterocycles. The van der Waals surface area contributed by atoms with Gasteiger partial charge in [0.25, 0.3) is 0 Å². The van der Waals surface area contributed by atoms with Crippen molar-refractivity contribution >= 4 is 33.8 Å². The summed E-state index contributed by atoms with van der Waals surface area (Å²) < 4.78 is 0. The van der Waals surface area contributed by atoms with E-state index in [0.29, 0.717) is 11.4 Å². The van der Waals surface area contributed by atoms with Gasteiger partial charge in [0.15, 0.2) is 10.9 Å². The number of nitro benzene ring substituents is 1. The number of phenols is 1. The Kier molecular flexibility index (Phi) is 4.44. The molecule has 3 aromatic rings. The van der Waals surface area contributed by atoms with Gasteiger partial charge >= 0.3 is 5.69 Å². The fourth-order valence-electron chi connectivity index (χ4n) is 2.16. The van der Waals surface area contributed by atoms with Crippen molar-refractivity contribution in [3.05, 3.63) is 46.3 Å². The summed E-state index contributed by atoms with van der Waals surface area (Å²) in [5, 5.41) is 27.1. The normalized spacial score (nSPS) is 10.5. The SMILES string of the molecule is CNc1nc(C)c(-c2ccnc(Nc3ccc(O)c([N+](=O)[O-])c3)n2)s1. The van der Waals surface area contributed by atoms with Crippen LogP contribution in [0.3, 0.4) is 0 Å². The first-order chi connectivity index (χ1) is 12.0. The number of rotatable bonds is 5. The maximum absolute atomic E-state index is 10.9. The predicted molar refractivity (Wildman–Crippen MR) is 95.5 cm³/mol. The number of hydrogen-bond acceptors (Lipinski definition) is 9. The predicted octanol–water partition coefficient (Wildman–Crippen LogP) is 3.31. The molecule has 0 unspecified atom stereocenters. The van der Waals surface area contributed by atoms with Gasteiger partial charge in [-0.2, -0.15) is 0 Å². The van der Waals surface area contributed by atoms with E-state index in [-0.39, 0.29) is 5.95 Å². The first-order valence-corrected chi connectivity index (χ1v) is 8.02. The maximum Gasteiger partial charge on any atom is 0.312 e. The van der Waals surface area contributed by atoms with Crippen LogP contribution in [0.15, 0.2) is 30.5 Å². The molecule has 25 heavy (non-hydrogen) atoms. The van der Waals surface area contributed by atoms with Crippen molar-refractivity contribution in [3.63, 3.8) is 0 Å². The standard InChI is InChI=1S/C15H14N6O3S/c1-8-13(25-15(16-2)18-8)10-5-6-17-14(20-10)19-9-3-4-12(22)11(7-9)21(23)24/h3-7,22H,1-2H3,(H,16,18)(H,17,19,20). The maximum atomic E-state index is 10.9. The van der Waals surface area contributed by atoms with E-state index in [1.54, 1.807) is 19.3 Å². The van der Waals surface area contributed by atoms with Crippen molar-refractivity contribution in [1.82, 2.24) is 15.0 Å². The third-order valence-corrected chi connectivity index (χ3v) is 4.52. The Labute approximate surface area is 146 Å². The second kappa shape index (κ2) is 6.69. The second-order valence-corrected chi connectivity index (χ2v) is 6.03. The number of nitrogens with one attached hydrogen (secondary N) is 2. The zero-order valence-electron chi connectivity index (χ0n) is 13.3. The Balaban J connectivity index is 1.91. The average Bonchev–Trinajstić information content (AvgIpc) is 2.97. The summed E-state index contributed by atoms with van der Waals surface area (Å²) in [5.41, 5.74) is 1.55. The third kappa shape index (κ3) is 3.48. The number of nitrogens with zero attached hydrogens (tertiary/aromatic N) is 4. The number of hydrogen-bond donors (Lipinski definition) is 3. The Morgan fingerprint density at radius 1 is 1.28 bits per heavy atom. The molecule has 0 saturated heterocycles. The molecule has 0 bridgehead atoms. The molecular formula is C15H14N6O3S. The molecule has 1 aromatic carbocycles. The lowest BCUT2D eigenvalue weighted by atomic mass is 10.2. The van der Waals surface area contributed by atoms with E-state index in [0.717, 1.165) is 15.7 Å². The highest BCUT2D eigenvalue weighted by molar-refractivity contribution is 7.19. The van der Waals surface area contributed by atoms with Crippen LogP contribution in [0.5, 0.6) is 5.75 Å². The molecule has 3 N–H and O–H groups in total. The molecule has 0 aliphatic rings. The summed E-state index contributed by atoms with van der Waals surface area (Å²) in [7, 11) is 1.80. The molecular weight excluding hydrogens is 344 g/mol. The summed E-state index contributed by atoms with van der Waals surface area (Å²) in [4.78, 5) is 24.1. The van der Waals surface area contributed by atoms with Crippen LogP contribution in [0.4, 0.5) is 22.5 Å². The Bertz CT molecular complexity index is 943. The van der Waals surface area contributed by atoms with E-state index in [4.69, 9.17) is 0 Å². The van der Waals surface area contributed by atoms with E-state index >= 15 is 0 Å². The van der Waals surface area contributed by atoms with Crippen LogP contribution in [0.1, 0.15) is 5.69 Å². The van der Waals surface area contributed by atoms with Crippen molar-refractivity contribution in [3.8, 4) is 16.3 Å². The molecule has 0 spiro atoms. The van der Waals surface area contributed by atoms with Crippen LogP contribution in [0.25, 0.3) is 10.6 Å². The molecule has 3 rings (SSSR count). The second-order valence-electron chi connectivity index (χ2n) is 5.03. The molecule has 9 nitrogen and oxygen atoms in total. The number of nitro groups is 1. The highest BCUT2D eigenvalue weighted by Gasteiger charge is 2.15. The molecule has 0 fully saturated rings. The number of aryl methyl sites for hydroxylation is 1. The lowest BCUT2D eigenvalue weighted by Crippen LogP contribution is -1.98. The van der Waals surface area contributed by atoms with Crippen LogP contribution in [0.2, 0.25) is 0 Å². The van der Waals surface area contributed by atoms with Crippen LogP contribution in [-0.4, -0.2) is 32.0 Å². The minimum absolute atomic E-state index is 0.288. The Hall–Kier alpha value is -3.27. The Morgan fingerprint density at radius 3 is 2.76 bits per heavy atom. The number of aromatic nitrogens is 3. The summed E-state index contributed by atoms with van der Waals surface area (Å²) in [6, 6.07) is 5.75. The van der Waals surface area contributed by atoms with Crippen molar-refractivity contribution in [2.45, 2.75) is 6.92 Å². The van der Waals surface area contributed by atoms with Crippen LogP contribution in [-0.2, 0) is 0 Å². The van der Waals surface area contributed by atoms with Gasteiger partial charge in [-0.1, -0.05) is 11.3 Å². The van der Waals surface area contributed by atoms with Gasteiger partial charge in [0.05, 0.1) is 21.2 Å². The van der Waals surface area contributed by atoms with Gasteiger partial charge in [-0.05, 0) is 25.1 Å². The van der Waals surface area contributed by atoms with Gasteiger partial charge < -0.3 is 15.7 Å². The summed E-state index contributed by atoms with van der Waals surface area (Å²) >= 11 is 1.47. The monoisotopic (exact) mass is 358 g/mol. The van der Waals surface area contributed by atoms with Gasteiger partial charge in [0.2, 0.25) is 5.95 Å². The van der Waals surface area contributed by atoms with Crippen molar-refractivity contribution in [1.29, 1.82) is 0 Å². The molecule has 0 aliphatic carbocycles. The zero-order valence-corrected chi connectivity index (χ0v) is 14.2. The Morgan fingerprint density at radius 2 is 2.08 bits per heavy atom. The molecule has 10 heteroatoms. The van der Waals surface area contributed by atoms with Crippen LogP contribution >= 0.6 is 11.3 Å². The first kappa shape index (κ1) is 16.6. The van der Waals surface area contributed by atoms with Crippen LogP contribution in [0, 0.1) is 17.0 Å². The summed E-state index contributed by atoms with van der Waals surface area (Å²) in [6.45, 7) is 1.89. The number of aromatic hydroxyl groups is 1. The quantitative estimate of drug-likeness (QED) is 0.360. The van der Waals surface area contributed by atoms with E-state index in [1.807, 2.05) is 6.92 Å². The molecule has 128 valence electrons.